The fraction of sp³-hybridized carbons (Fsp3) is 0.389. The number of nitrogens with one attached hydrogen (secondary N) is 1. The molecule has 1 aromatic carbocycles. The summed E-state index contributed by atoms with van der Waals surface area (Å²) in [6, 6.07) is 6.92. The number of alkyl halides is 3. The topological polar surface area (TPSA) is 69.3 Å². The molecule has 0 unspecified atom stereocenters. The first kappa shape index (κ1) is 21.6. The number of rotatable bonds is 5. The van der Waals surface area contributed by atoms with Gasteiger partial charge in [0.15, 0.2) is 0 Å². The molecule has 0 saturated carbocycles. The van der Waals surface area contributed by atoms with Gasteiger partial charge in [-0.2, -0.15) is 0 Å². The summed E-state index contributed by atoms with van der Waals surface area (Å²) >= 11 is 0. The van der Waals surface area contributed by atoms with E-state index in [1.807, 2.05) is 13.8 Å². The van der Waals surface area contributed by atoms with Gasteiger partial charge in [0.25, 0.3) is 5.56 Å². The van der Waals surface area contributed by atoms with Crippen molar-refractivity contribution < 1.29 is 17.9 Å². The van der Waals surface area contributed by atoms with Gasteiger partial charge in [-0.05, 0) is 36.2 Å². The van der Waals surface area contributed by atoms with Gasteiger partial charge in [-0.1, -0.05) is 19.9 Å². The molecule has 1 heterocycles. The van der Waals surface area contributed by atoms with E-state index in [9.17, 15) is 18.0 Å². The predicted molar refractivity (Wildman–Crippen MR) is 98.1 cm³/mol. The first-order chi connectivity index (χ1) is 12.2. The smallest absolute Gasteiger partial charge is 0.397 e. The summed E-state index contributed by atoms with van der Waals surface area (Å²) in [7, 11) is 1.66. The summed E-state index contributed by atoms with van der Waals surface area (Å²) < 4.78 is 41.0. The average Bonchev–Trinajstić information content (AvgIpc) is 2.58. The molecule has 26 heavy (non-hydrogen) atoms. The Morgan fingerprint density at radius 1 is 1.19 bits per heavy atom. The summed E-state index contributed by atoms with van der Waals surface area (Å²) in [5, 5.41) is 2.82. The number of anilines is 2. The van der Waals surface area contributed by atoms with Crippen molar-refractivity contribution in [2.24, 2.45) is 7.05 Å². The molecule has 0 aliphatic rings. The van der Waals surface area contributed by atoms with E-state index in [0.29, 0.717) is 16.9 Å². The summed E-state index contributed by atoms with van der Waals surface area (Å²) in [5.74, 6) is 0. The number of nitrogens with zero attached hydrogens (tertiary/aromatic N) is 1. The Labute approximate surface area is 150 Å². The van der Waals surface area contributed by atoms with E-state index in [1.165, 1.54) is 4.57 Å². The van der Waals surface area contributed by atoms with Crippen molar-refractivity contribution in [1.29, 1.82) is 0 Å². The number of pyridine rings is 1. The maximum absolute atomic E-state index is 12.0. The van der Waals surface area contributed by atoms with Crippen LogP contribution in [0.5, 0.6) is 0 Å². The zero-order valence-electron chi connectivity index (χ0n) is 15.3. The maximum atomic E-state index is 12.0. The molecule has 3 N–H and O–H groups in total. The minimum absolute atomic E-state index is 0.0422. The molecule has 0 spiro atoms. The Kier molecular flexibility index (Phi) is 7.70. The van der Waals surface area contributed by atoms with Gasteiger partial charge >= 0.3 is 6.36 Å². The van der Waals surface area contributed by atoms with Crippen molar-refractivity contribution in [3.05, 3.63) is 46.4 Å². The Bertz CT molecular complexity index is 760. The van der Waals surface area contributed by atoms with Crippen LogP contribution < -0.4 is 16.6 Å². The lowest BCUT2D eigenvalue weighted by atomic mass is 10.0. The minimum atomic E-state index is -4.65. The highest BCUT2D eigenvalue weighted by Crippen LogP contribution is 2.27. The summed E-state index contributed by atoms with van der Waals surface area (Å²) in [6.45, 7) is 5.16. The van der Waals surface area contributed by atoms with Gasteiger partial charge in [0.05, 0.1) is 18.0 Å². The van der Waals surface area contributed by atoms with E-state index < -0.39 is 13.0 Å². The number of nitrogens with two attached hydrogens (primary N) is 1. The number of benzene rings is 1. The standard InChI is InChI=1S/C16H18F3N3O2.C2H6/c1-10-7-12(9-22(2)15(10)23)11-3-4-13(20)14(8-11)21-5-6-24-16(17,18)19;1-2/h3-4,7-9,21H,5-6,20H2,1-2H3;1-2H3. The van der Waals surface area contributed by atoms with E-state index in [-0.39, 0.29) is 12.1 Å². The van der Waals surface area contributed by atoms with E-state index in [0.717, 1.165) is 11.1 Å². The molecular formula is C18H24F3N3O2. The SMILES string of the molecule is CC.Cc1cc(-c2ccc(N)c(NCCOC(F)(F)F)c2)cn(C)c1=O. The van der Waals surface area contributed by atoms with Gasteiger partial charge in [-0.25, -0.2) is 0 Å². The molecule has 0 fully saturated rings. The van der Waals surface area contributed by atoms with Crippen LogP contribution in [0.1, 0.15) is 19.4 Å². The zero-order valence-corrected chi connectivity index (χ0v) is 15.3. The van der Waals surface area contributed by atoms with Crippen molar-refractivity contribution in [1.82, 2.24) is 4.57 Å². The zero-order chi connectivity index (χ0) is 19.9. The first-order valence-corrected chi connectivity index (χ1v) is 8.19. The first-order valence-electron chi connectivity index (χ1n) is 8.19. The fourth-order valence-electron chi connectivity index (χ4n) is 2.28. The van der Waals surface area contributed by atoms with E-state index in [2.05, 4.69) is 10.1 Å². The maximum Gasteiger partial charge on any atom is 0.522 e. The molecule has 2 rings (SSSR count). The predicted octanol–water partition coefficient (Wildman–Crippen LogP) is 3.92. The molecule has 8 heteroatoms. The molecule has 0 aliphatic carbocycles. The van der Waals surface area contributed by atoms with Crippen LogP contribution in [0.2, 0.25) is 0 Å². The number of nitrogen functional groups attached to an aromatic ring is 1. The molecule has 0 aliphatic heterocycles. The molecule has 1 aromatic heterocycles. The fourth-order valence-corrected chi connectivity index (χ4v) is 2.28. The van der Waals surface area contributed by atoms with Gasteiger partial charge < -0.3 is 15.6 Å². The van der Waals surface area contributed by atoms with Crippen LogP contribution in [-0.4, -0.2) is 24.1 Å². The summed E-state index contributed by atoms with van der Waals surface area (Å²) in [6.07, 6.45) is -2.96. The van der Waals surface area contributed by atoms with Crippen molar-refractivity contribution in [2.45, 2.75) is 27.1 Å². The van der Waals surface area contributed by atoms with Crippen LogP contribution in [0.25, 0.3) is 11.1 Å². The van der Waals surface area contributed by atoms with Gasteiger partial charge in [0.1, 0.15) is 0 Å². The van der Waals surface area contributed by atoms with Crippen LogP contribution in [0.15, 0.2) is 35.3 Å². The second-order valence-electron chi connectivity index (χ2n) is 5.35. The molecule has 5 nitrogen and oxygen atoms in total. The highest BCUT2D eigenvalue weighted by Gasteiger charge is 2.28. The lowest BCUT2D eigenvalue weighted by Crippen LogP contribution is -2.19. The van der Waals surface area contributed by atoms with E-state index in [4.69, 9.17) is 5.73 Å². The lowest BCUT2D eigenvalue weighted by Gasteiger charge is -2.13. The summed E-state index contributed by atoms with van der Waals surface area (Å²) in [4.78, 5) is 11.8. The highest BCUT2D eigenvalue weighted by molar-refractivity contribution is 5.76. The van der Waals surface area contributed by atoms with Gasteiger partial charge in [-0.3, -0.25) is 9.53 Å². The van der Waals surface area contributed by atoms with Crippen LogP contribution in [0, 0.1) is 6.92 Å². The minimum Gasteiger partial charge on any atom is -0.397 e. The molecule has 0 radical (unpaired) electrons. The van der Waals surface area contributed by atoms with Crippen molar-refractivity contribution >= 4 is 11.4 Å². The van der Waals surface area contributed by atoms with Crippen LogP contribution >= 0.6 is 0 Å². The molecular weight excluding hydrogens is 347 g/mol. The number of hydrogen-bond acceptors (Lipinski definition) is 4. The Balaban J connectivity index is 0.00000163. The molecule has 0 amide bonds. The van der Waals surface area contributed by atoms with Crippen molar-refractivity contribution in [3.63, 3.8) is 0 Å². The molecule has 144 valence electrons. The second-order valence-corrected chi connectivity index (χ2v) is 5.35. The number of ether oxygens (including phenoxy) is 1. The lowest BCUT2D eigenvalue weighted by molar-refractivity contribution is -0.322. The van der Waals surface area contributed by atoms with Crippen LogP contribution in [-0.2, 0) is 11.8 Å². The van der Waals surface area contributed by atoms with E-state index in [1.54, 1.807) is 44.4 Å². The van der Waals surface area contributed by atoms with Gasteiger partial charge in [-0.15, -0.1) is 13.2 Å². The van der Waals surface area contributed by atoms with Crippen molar-refractivity contribution in [2.75, 3.05) is 24.2 Å². The number of aryl methyl sites for hydroxylation is 2. The molecule has 0 saturated heterocycles. The van der Waals surface area contributed by atoms with Crippen LogP contribution in [0.4, 0.5) is 24.5 Å². The second kappa shape index (κ2) is 9.28. The molecule has 0 atom stereocenters. The summed E-state index contributed by atoms with van der Waals surface area (Å²) in [5.41, 5.74) is 8.87. The Morgan fingerprint density at radius 3 is 2.42 bits per heavy atom. The number of halogens is 3. The van der Waals surface area contributed by atoms with Gasteiger partial charge in [0, 0.05) is 25.4 Å². The monoisotopic (exact) mass is 371 g/mol. The average molecular weight is 371 g/mol. The normalized spacial score (nSPS) is 10.9. The van der Waals surface area contributed by atoms with E-state index >= 15 is 0 Å². The molecule has 2 aromatic rings. The van der Waals surface area contributed by atoms with Crippen molar-refractivity contribution in [3.8, 4) is 11.1 Å². The third kappa shape index (κ3) is 6.11. The Morgan fingerprint density at radius 2 is 1.85 bits per heavy atom. The molecule has 0 bridgehead atoms. The number of aromatic nitrogens is 1. The Hall–Kier alpha value is -2.48. The third-order valence-electron chi connectivity index (χ3n) is 3.43. The highest BCUT2D eigenvalue weighted by atomic mass is 19.4. The number of hydrogen-bond donors (Lipinski definition) is 2. The quantitative estimate of drug-likeness (QED) is 0.617. The van der Waals surface area contributed by atoms with Crippen LogP contribution in [0.3, 0.4) is 0 Å². The largest absolute Gasteiger partial charge is 0.522 e. The van der Waals surface area contributed by atoms with Gasteiger partial charge in [0.2, 0.25) is 0 Å². The third-order valence-corrected chi connectivity index (χ3v) is 3.43.